The molecule has 1 N–H and O–H groups in total. The predicted octanol–water partition coefficient (Wildman–Crippen LogP) is 2.27. The fraction of sp³-hybridized carbons (Fsp3) is 0.375. The fourth-order valence-electron chi connectivity index (χ4n) is 3.40. The Labute approximate surface area is 192 Å². The number of nitrogens with one attached hydrogen (secondary N) is 1. The highest BCUT2D eigenvalue weighted by Crippen LogP contribution is 2.33. The summed E-state index contributed by atoms with van der Waals surface area (Å²) in [6, 6.07) is 10.0. The van der Waals surface area contributed by atoms with Gasteiger partial charge in [0, 0.05) is 18.7 Å². The molecule has 8 nitrogen and oxygen atoms in total. The van der Waals surface area contributed by atoms with Crippen molar-refractivity contribution in [3.05, 3.63) is 53.8 Å². The topological polar surface area (TPSA) is 88.2 Å². The van der Waals surface area contributed by atoms with Crippen LogP contribution < -0.4 is 19.7 Å². The molecule has 1 heterocycles. The Hall–Kier alpha value is -3.46. The van der Waals surface area contributed by atoms with Gasteiger partial charge in [-0.05, 0) is 55.6 Å². The molecule has 0 radical (unpaired) electrons. The highest BCUT2D eigenvalue weighted by atomic mass is 19.1. The number of ketones is 1. The zero-order chi connectivity index (χ0) is 23.8. The first kappa shape index (κ1) is 24.2. The Kier molecular flexibility index (Phi) is 8.37. The maximum absolute atomic E-state index is 13.0. The van der Waals surface area contributed by atoms with Gasteiger partial charge < -0.3 is 19.7 Å². The van der Waals surface area contributed by atoms with E-state index in [4.69, 9.17) is 9.47 Å². The van der Waals surface area contributed by atoms with Crippen LogP contribution in [0, 0.1) is 5.82 Å². The number of nitrogens with zero attached hydrogens (tertiary/aromatic N) is 2. The van der Waals surface area contributed by atoms with Crippen molar-refractivity contribution >= 4 is 23.3 Å². The lowest BCUT2D eigenvalue weighted by Crippen LogP contribution is -2.46. The first-order valence-electron chi connectivity index (χ1n) is 10.9. The number of carbonyl (C=O) groups is 3. The molecule has 176 valence electrons. The van der Waals surface area contributed by atoms with E-state index in [-0.39, 0.29) is 37.4 Å². The molecule has 1 aliphatic heterocycles. The van der Waals surface area contributed by atoms with Crippen LogP contribution in [-0.2, 0) is 9.59 Å². The standard InChI is InChI=1S/C24H28FN3O5/c1-3-27(4-2)12-11-26-23(30)14-28-20-13-17(5-10-22(20)33-16-24(28)31)21(29)15-32-19-8-6-18(25)7-9-19/h5-10,13H,3-4,11-12,14-16H2,1-2H3,(H,26,30). The third kappa shape index (κ3) is 6.52. The molecular formula is C24H28FN3O5. The number of carbonyl (C=O) groups excluding carboxylic acids is 3. The molecule has 0 unspecified atom stereocenters. The number of benzene rings is 2. The number of fused-ring (bicyclic) bond motifs is 1. The van der Waals surface area contributed by atoms with Crippen LogP contribution in [0.2, 0.25) is 0 Å². The van der Waals surface area contributed by atoms with Crippen molar-refractivity contribution in [2.24, 2.45) is 0 Å². The predicted molar refractivity (Wildman–Crippen MR) is 121 cm³/mol. The highest BCUT2D eigenvalue weighted by Gasteiger charge is 2.28. The third-order valence-corrected chi connectivity index (χ3v) is 5.35. The van der Waals surface area contributed by atoms with E-state index >= 15 is 0 Å². The molecule has 2 aromatic rings. The van der Waals surface area contributed by atoms with Gasteiger partial charge in [-0.15, -0.1) is 0 Å². The summed E-state index contributed by atoms with van der Waals surface area (Å²) < 4.78 is 23.9. The van der Waals surface area contributed by atoms with Gasteiger partial charge in [-0.2, -0.15) is 0 Å². The fourth-order valence-corrected chi connectivity index (χ4v) is 3.40. The number of likely N-dealkylation sites (N-methyl/N-ethyl adjacent to an activating group) is 1. The molecule has 0 fully saturated rings. The maximum Gasteiger partial charge on any atom is 0.265 e. The Morgan fingerprint density at radius 3 is 2.58 bits per heavy atom. The minimum Gasteiger partial charge on any atom is -0.485 e. The number of Topliss-reactive ketones (excluding diaryl/α,β-unsaturated/α-hetero) is 1. The summed E-state index contributed by atoms with van der Waals surface area (Å²) in [5.41, 5.74) is 0.666. The van der Waals surface area contributed by atoms with Crippen LogP contribution in [-0.4, -0.2) is 68.4 Å². The highest BCUT2D eigenvalue weighted by molar-refractivity contribution is 6.04. The van der Waals surface area contributed by atoms with Crippen molar-refractivity contribution in [3.63, 3.8) is 0 Å². The Bertz CT molecular complexity index is 992. The second-order valence-corrected chi connectivity index (χ2v) is 7.49. The average Bonchev–Trinajstić information content (AvgIpc) is 2.83. The van der Waals surface area contributed by atoms with Gasteiger partial charge in [0.1, 0.15) is 23.9 Å². The molecule has 0 saturated heterocycles. The van der Waals surface area contributed by atoms with Crippen molar-refractivity contribution in [2.75, 3.05) is 50.8 Å². The van der Waals surface area contributed by atoms with Crippen LogP contribution >= 0.6 is 0 Å². The van der Waals surface area contributed by atoms with E-state index in [1.165, 1.54) is 35.2 Å². The Balaban J connectivity index is 1.65. The number of amides is 2. The molecule has 3 rings (SSSR count). The van der Waals surface area contributed by atoms with Crippen molar-refractivity contribution < 1.29 is 28.2 Å². The maximum atomic E-state index is 13.0. The lowest BCUT2D eigenvalue weighted by molar-refractivity contribution is -0.125. The SMILES string of the molecule is CCN(CC)CCNC(=O)CN1C(=O)COc2ccc(C(=O)COc3ccc(F)cc3)cc21. The molecule has 33 heavy (non-hydrogen) atoms. The lowest BCUT2D eigenvalue weighted by atomic mass is 10.1. The van der Waals surface area contributed by atoms with Gasteiger partial charge in [0.15, 0.2) is 19.0 Å². The minimum atomic E-state index is -0.398. The molecule has 0 bridgehead atoms. The van der Waals surface area contributed by atoms with Gasteiger partial charge in [0.05, 0.1) is 5.69 Å². The number of rotatable bonds is 11. The molecule has 2 aromatic carbocycles. The van der Waals surface area contributed by atoms with Gasteiger partial charge in [0.25, 0.3) is 5.91 Å². The van der Waals surface area contributed by atoms with Gasteiger partial charge in [-0.3, -0.25) is 19.3 Å². The number of anilines is 1. The molecule has 0 aromatic heterocycles. The first-order valence-corrected chi connectivity index (χ1v) is 10.9. The molecular weight excluding hydrogens is 429 g/mol. The van der Waals surface area contributed by atoms with Gasteiger partial charge >= 0.3 is 0 Å². The zero-order valence-electron chi connectivity index (χ0n) is 18.8. The second-order valence-electron chi connectivity index (χ2n) is 7.49. The van der Waals surface area contributed by atoms with E-state index in [1.807, 2.05) is 0 Å². The number of halogens is 1. The van der Waals surface area contributed by atoms with Crippen LogP contribution in [0.15, 0.2) is 42.5 Å². The second kappa shape index (κ2) is 11.4. The summed E-state index contributed by atoms with van der Waals surface area (Å²) in [4.78, 5) is 41.0. The summed E-state index contributed by atoms with van der Waals surface area (Å²) in [6.07, 6.45) is 0. The van der Waals surface area contributed by atoms with Crippen LogP contribution in [0.3, 0.4) is 0 Å². The van der Waals surface area contributed by atoms with Gasteiger partial charge in [-0.1, -0.05) is 13.8 Å². The molecule has 1 aliphatic rings. The smallest absolute Gasteiger partial charge is 0.265 e. The van der Waals surface area contributed by atoms with Crippen LogP contribution in [0.1, 0.15) is 24.2 Å². The average molecular weight is 458 g/mol. The first-order chi connectivity index (χ1) is 15.9. The monoisotopic (exact) mass is 457 g/mol. The molecule has 0 aliphatic carbocycles. The normalized spacial score (nSPS) is 12.8. The van der Waals surface area contributed by atoms with Crippen molar-refractivity contribution in [1.29, 1.82) is 0 Å². The summed E-state index contributed by atoms with van der Waals surface area (Å²) in [5.74, 6) is -0.604. The van der Waals surface area contributed by atoms with Crippen LogP contribution in [0.5, 0.6) is 11.5 Å². The quantitative estimate of drug-likeness (QED) is 0.521. The number of ether oxygens (including phenoxy) is 2. The van der Waals surface area contributed by atoms with Crippen molar-refractivity contribution in [3.8, 4) is 11.5 Å². The molecule has 2 amide bonds. The van der Waals surface area contributed by atoms with E-state index in [0.717, 1.165) is 19.6 Å². The van der Waals surface area contributed by atoms with E-state index in [0.29, 0.717) is 29.3 Å². The van der Waals surface area contributed by atoms with Crippen LogP contribution in [0.25, 0.3) is 0 Å². The molecule has 0 saturated carbocycles. The zero-order valence-corrected chi connectivity index (χ0v) is 18.8. The van der Waals surface area contributed by atoms with Gasteiger partial charge in [-0.25, -0.2) is 4.39 Å². The van der Waals surface area contributed by atoms with E-state index in [1.54, 1.807) is 12.1 Å². The largest absolute Gasteiger partial charge is 0.485 e. The molecule has 0 spiro atoms. The Morgan fingerprint density at radius 2 is 1.88 bits per heavy atom. The summed E-state index contributed by atoms with van der Waals surface area (Å²) in [5, 5.41) is 2.83. The van der Waals surface area contributed by atoms with Gasteiger partial charge in [0.2, 0.25) is 5.91 Å². The van der Waals surface area contributed by atoms with E-state index < -0.39 is 5.82 Å². The number of hydrogen-bond acceptors (Lipinski definition) is 6. The van der Waals surface area contributed by atoms with Crippen molar-refractivity contribution in [2.45, 2.75) is 13.8 Å². The van der Waals surface area contributed by atoms with E-state index in [2.05, 4.69) is 24.1 Å². The van der Waals surface area contributed by atoms with E-state index in [9.17, 15) is 18.8 Å². The molecule has 0 atom stereocenters. The number of hydrogen-bond donors (Lipinski definition) is 1. The summed E-state index contributed by atoms with van der Waals surface area (Å²) >= 11 is 0. The van der Waals surface area contributed by atoms with Crippen molar-refractivity contribution in [1.82, 2.24) is 10.2 Å². The summed E-state index contributed by atoms with van der Waals surface area (Å²) in [7, 11) is 0. The lowest BCUT2D eigenvalue weighted by Gasteiger charge is -2.29. The minimum absolute atomic E-state index is 0.169. The van der Waals surface area contributed by atoms with Crippen LogP contribution in [0.4, 0.5) is 10.1 Å². The molecule has 9 heteroatoms. The Morgan fingerprint density at radius 1 is 1.15 bits per heavy atom. The summed E-state index contributed by atoms with van der Waals surface area (Å²) in [6.45, 7) is 6.48. The third-order valence-electron chi connectivity index (χ3n) is 5.35.